The van der Waals surface area contributed by atoms with Gasteiger partial charge in [0.25, 0.3) is 5.56 Å². The molecule has 0 aliphatic carbocycles. The smallest absolute Gasteiger partial charge is 0.338 e. The molecule has 0 fully saturated rings. The number of para-hydroxylation sites is 2. The Morgan fingerprint density at radius 3 is 2.35 bits per heavy atom. The third-order valence-corrected chi connectivity index (χ3v) is 7.19. The number of pyridine rings is 1. The zero-order valence-electron chi connectivity index (χ0n) is 18.2. The number of esters is 1. The normalized spacial score (nSPS) is 12.2. The summed E-state index contributed by atoms with van der Waals surface area (Å²) in [7, 11) is 1.25. The van der Waals surface area contributed by atoms with E-state index in [1.807, 2.05) is 48.5 Å². The van der Waals surface area contributed by atoms with E-state index in [-0.39, 0.29) is 33.4 Å². The van der Waals surface area contributed by atoms with Crippen LogP contribution in [0, 0.1) is 6.92 Å². The van der Waals surface area contributed by atoms with Crippen molar-refractivity contribution in [3.05, 3.63) is 76.2 Å². The molecule has 170 valence electrons. The fourth-order valence-corrected chi connectivity index (χ4v) is 5.52. The molecule has 1 aliphatic rings. The lowest BCUT2D eigenvalue weighted by molar-refractivity contribution is -0.115. The average molecular weight is 491 g/mol. The number of anilines is 2. The molecule has 4 aromatic rings. The van der Waals surface area contributed by atoms with Crippen LogP contribution in [-0.4, -0.2) is 39.7 Å². The van der Waals surface area contributed by atoms with Crippen LogP contribution < -0.4 is 10.5 Å². The van der Waals surface area contributed by atoms with E-state index in [1.165, 1.54) is 13.2 Å². The molecule has 0 bridgehead atoms. The van der Waals surface area contributed by atoms with E-state index in [0.29, 0.717) is 5.69 Å². The molecule has 0 saturated heterocycles. The third kappa shape index (κ3) is 3.95. The Labute approximate surface area is 202 Å². The minimum absolute atomic E-state index is 0.0391. The maximum absolute atomic E-state index is 13.4. The zero-order chi connectivity index (χ0) is 23.8. The molecule has 0 spiro atoms. The minimum atomic E-state index is -0.640. The highest BCUT2D eigenvalue weighted by molar-refractivity contribution is 8.00. The molecule has 1 amide bonds. The molecule has 1 aliphatic heterocycles. The molecular weight excluding hydrogens is 472 g/mol. The van der Waals surface area contributed by atoms with E-state index < -0.39 is 11.5 Å². The Kier molecular flexibility index (Phi) is 5.84. The molecule has 0 unspecified atom stereocenters. The molecule has 5 rings (SSSR count). The number of benzene rings is 2. The number of aromatic amines is 1. The van der Waals surface area contributed by atoms with Crippen LogP contribution in [0.15, 0.2) is 74.3 Å². The van der Waals surface area contributed by atoms with Crippen molar-refractivity contribution >= 4 is 57.8 Å². The minimum Gasteiger partial charge on any atom is -0.465 e. The Morgan fingerprint density at radius 2 is 1.71 bits per heavy atom. The number of amides is 1. The molecule has 1 N–H and O–H groups in total. The molecule has 0 saturated carbocycles. The van der Waals surface area contributed by atoms with Gasteiger partial charge in [0.2, 0.25) is 5.91 Å². The SMILES string of the molecule is COC(=O)c1cc(C)nc2nc(SCC(=O)N3c4ccccc4Sc4ccccc43)[nH]c(=O)c12. The van der Waals surface area contributed by atoms with Gasteiger partial charge < -0.3 is 9.72 Å². The first-order valence-corrected chi connectivity index (χ1v) is 12.1. The lowest BCUT2D eigenvalue weighted by Gasteiger charge is -2.30. The molecular formula is C24H18N4O4S2. The van der Waals surface area contributed by atoms with Gasteiger partial charge in [-0.2, -0.15) is 0 Å². The number of hydrogen-bond donors (Lipinski definition) is 1. The predicted octanol–water partition coefficient (Wildman–Crippen LogP) is 4.33. The molecule has 8 nitrogen and oxygen atoms in total. The summed E-state index contributed by atoms with van der Waals surface area (Å²) in [5, 5.41) is 0.303. The molecule has 0 atom stereocenters. The number of fused-ring (bicyclic) bond motifs is 3. The van der Waals surface area contributed by atoms with Crippen LogP contribution in [0.3, 0.4) is 0 Å². The van der Waals surface area contributed by atoms with Crippen LogP contribution in [0.25, 0.3) is 11.0 Å². The fourth-order valence-electron chi connectivity index (χ4n) is 3.75. The quantitative estimate of drug-likeness (QED) is 0.256. The average Bonchev–Trinajstić information content (AvgIpc) is 2.84. The number of nitrogens with zero attached hydrogens (tertiary/aromatic N) is 3. The molecule has 2 aromatic carbocycles. The van der Waals surface area contributed by atoms with Crippen molar-refractivity contribution < 1.29 is 14.3 Å². The summed E-state index contributed by atoms with van der Waals surface area (Å²) < 4.78 is 4.78. The first-order valence-electron chi connectivity index (χ1n) is 10.3. The van der Waals surface area contributed by atoms with Gasteiger partial charge in [0, 0.05) is 15.5 Å². The largest absolute Gasteiger partial charge is 0.465 e. The van der Waals surface area contributed by atoms with Crippen LogP contribution >= 0.6 is 23.5 Å². The monoisotopic (exact) mass is 490 g/mol. The molecule has 3 heterocycles. The second kappa shape index (κ2) is 8.96. The van der Waals surface area contributed by atoms with Crippen LogP contribution in [0.2, 0.25) is 0 Å². The number of carbonyl (C=O) groups excluding carboxylic acids is 2. The van der Waals surface area contributed by atoms with Crippen molar-refractivity contribution in [3.8, 4) is 0 Å². The van der Waals surface area contributed by atoms with E-state index in [1.54, 1.807) is 23.6 Å². The Hall–Kier alpha value is -3.63. The molecule has 0 radical (unpaired) electrons. The van der Waals surface area contributed by atoms with Crippen LogP contribution in [0.4, 0.5) is 11.4 Å². The molecule has 34 heavy (non-hydrogen) atoms. The number of methoxy groups -OCH3 is 1. The maximum atomic E-state index is 13.4. The highest BCUT2D eigenvalue weighted by Gasteiger charge is 2.28. The van der Waals surface area contributed by atoms with Crippen LogP contribution in [0.1, 0.15) is 16.1 Å². The van der Waals surface area contributed by atoms with Gasteiger partial charge >= 0.3 is 5.97 Å². The topological polar surface area (TPSA) is 105 Å². The number of aromatic nitrogens is 3. The maximum Gasteiger partial charge on any atom is 0.338 e. The van der Waals surface area contributed by atoms with Crippen molar-refractivity contribution in [1.29, 1.82) is 0 Å². The zero-order valence-corrected chi connectivity index (χ0v) is 19.8. The molecule has 10 heteroatoms. The van der Waals surface area contributed by atoms with Gasteiger partial charge in [-0.15, -0.1) is 0 Å². The number of thioether (sulfide) groups is 1. The number of nitrogens with one attached hydrogen (secondary N) is 1. The van der Waals surface area contributed by atoms with Gasteiger partial charge in [0.1, 0.15) is 0 Å². The van der Waals surface area contributed by atoms with Crippen molar-refractivity contribution in [2.24, 2.45) is 0 Å². The Balaban J connectivity index is 1.46. The lowest BCUT2D eigenvalue weighted by Crippen LogP contribution is -2.30. The second-order valence-corrected chi connectivity index (χ2v) is 9.48. The number of ether oxygens (including phenoxy) is 1. The van der Waals surface area contributed by atoms with Crippen molar-refractivity contribution in [1.82, 2.24) is 15.0 Å². The van der Waals surface area contributed by atoms with Crippen LogP contribution in [-0.2, 0) is 9.53 Å². The van der Waals surface area contributed by atoms with E-state index in [9.17, 15) is 14.4 Å². The molecule has 2 aromatic heterocycles. The highest BCUT2D eigenvalue weighted by Crippen LogP contribution is 2.48. The summed E-state index contributed by atoms with van der Waals surface area (Å²) in [6.07, 6.45) is 0. The summed E-state index contributed by atoms with van der Waals surface area (Å²) in [5.41, 5.74) is 1.87. The Morgan fingerprint density at radius 1 is 1.06 bits per heavy atom. The van der Waals surface area contributed by atoms with E-state index >= 15 is 0 Å². The fraction of sp³-hybridized carbons (Fsp3) is 0.125. The van der Waals surface area contributed by atoms with Gasteiger partial charge in [0.05, 0.1) is 35.2 Å². The highest BCUT2D eigenvalue weighted by atomic mass is 32.2. The lowest BCUT2D eigenvalue weighted by atomic mass is 10.1. The van der Waals surface area contributed by atoms with Crippen molar-refractivity contribution in [2.45, 2.75) is 21.9 Å². The predicted molar refractivity (Wildman–Crippen MR) is 131 cm³/mol. The van der Waals surface area contributed by atoms with E-state index in [4.69, 9.17) is 4.74 Å². The first kappa shape index (κ1) is 22.2. The summed E-state index contributed by atoms with van der Waals surface area (Å²) in [4.78, 5) is 53.3. The number of hydrogen-bond acceptors (Lipinski definition) is 8. The third-order valence-electron chi connectivity index (χ3n) is 5.20. The number of carbonyl (C=O) groups is 2. The summed E-state index contributed by atoms with van der Waals surface area (Å²) in [6, 6.07) is 17.0. The summed E-state index contributed by atoms with van der Waals surface area (Å²) >= 11 is 2.73. The summed E-state index contributed by atoms with van der Waals surface area (Å²) in [5.74, 6) is -0.753. The van der Waals surface area contributed by atoms with Gasteiger partial charge in [-0.1, -0.05) is 47.8 Å². The number of aryl methyl sites for hydroxylation is 1. The van der Waals surface area contributed by atoms with Crippen molar-refractivity contribution in [3.63, 3.8) is 0 Å². The number of rotatable bonds is 4. The van der Waals surface area contributed by atoms with Gasteiger partial charge in [0.15, 0.2) is 10.8 Å². The van der Waals surface area contributed by atoms with E-state index in [2.05, 4.69) is 15.0 Å². The van der Waals surface area contributed by atoms with E-state index in [0.717, 1.165) is 32.9 Å². The standard InChI is InChI=1S/C24H18N4O4S2/c1-13-11-14(23(31)32-2)20-21(25-13)26-24(27-22(20)30)33-12-19(29)28-15-7-3-5-9-17(15)34-18-10-6-4-8-16(18)28/h3-11H,12H2,1-2H3,(H,25,26,27,30). The van der Waals surface area contributed by atoms with Gasteiger partial charge in [-0.05, 0) is 37.3 Å². The van der Waals surface area contributed by atoms with Crippen molar-refractivity contribution in [2.75, 3.05) is 17.8 Å². The van der Waals surface area contributed by atoms with Crippen LogP contribution in [0.5, 0.6) is 0 Å². The number of H-pyrrole nitrogens is 1. The van der Waals surface area contributed by atoms with Gasteiger partial charge in [-0.3, -0.25) is 14.5 Å². The first-order chi connectivity index (χ1) is 16.5. The second-order valence-electron chi connectivity index (χ2n) is 7.43. The van der Waals surface area contributed by atoms with Gasteiger partial charge in [-0.25, -0.2) is 14.8 Å². The Bertz CT molecular complexity index is 1470. The summed E-state index contributed by atoms with van der Waals surface area (Å²) in [6.45, 7) is 1.70.